The minimum Gasteiger partial charge on any atom is -0.382 e. The molecule has 2 aromatic rings. The van der Waals surface area contributed by atoms with Crippen molar-refractivity contribution in [2.45, 2.75) is 12.7 Å². The highest BCUT2D eigenvalue weighted by Gasteiger charge is 2.14. The lowest BCUT2D eigenvalue weighted by molar-refractivity contribution is 0.0372. The van der Waals surface area contributed by atoms with Crippen molar-refractivity contribution in [3.63, 3.8) is 0 Å². The Bertz CT molecular complexity index is 675. The predicted molar refractivity (Wildman–Crippen MR) is 95.8 cm³/mol. The van der Waals surface area contributed by atoms with E-state index in [0.29, 0.717) is 30.6 Å². The molecule has 9 heteroatoms. The average Bonchev–Trinajstić information content (AvgIpc) is 2.64. The van der Waals surface area contributed by atoms with Crippen molar-refractivity contribution in [3.8, 4) is 0 Å². The highest BCUT2D eigenvalue weighted by molar-refractivity contribution is 5.61. The first kappa shape index (κ1) is 17.3. The van der Waals surface area contributed by atoms with Crippen LogP contribution in [0.3, 0.4) is 0 Å². The molecule has 5 N–H and O–H groups in total. The van der Waals surface area contributed by atoms with Crippen LogP contribution in [-0.4, -0.2) is 54.4 Å². The van der Waals surface area contributed by atoms with Crippen molar-refractivity contribution in [2.24, 2.45) is 0 Å². The second-order valence-corrected chi connectivity index (χ2v) is 5.69. The lowest BCUT2D eigenvalue weighted by atomic mass is 10.2. The summed E-state index contributed by atoms with van der Waals surface area (Å²) >= 11 is 0. The molecule has 0 bridgehead atoms. The molecule has 1 saturated heterocycles. The van der Waals surface area contributed by atoms with E-state index in [1.807, 2.05) is 6.07 Å². The Hall–Kier alpha value is -2.49. The van der Waals surface area contributed by atoms with E-state index in [1.165, 1.54) is 6.20 Å². The van der Waals surface area contributed by atoms with Crippen LogP contribution in [0.4, 0.5) is 23.1 Å². The summed E-state index contributed by atoms with van der Waals surface area (Å²) in [6, 6.07) is 1.92. The van der Waals surface area contributed by atoms with E-state index in [-0.39, 0.29) is 6.10 Å². The lowest BCUT2D eigenvalue weighted by Gasteiger charge is -2.24. The molecule has 9 nitrogen and oxygen atoms in total. The van der Waals surface area contributed by atoms with Crippen LogP contribution >= 0.6 is 0 Å². The van der Waals surface area contributed by atoms with Gasteiger partial charge in [0.1, 0.15) is 17.5 Å². The molecule has 3 heterocycles. The van der Waals surface area contributed by atoms with Gasteiger partial charge in [-0.1, -0.05) is 0 Å². The van der Waals surface area contributed by atoms with Gasteiger partial charge in [-0.25, -0.2) is 15.0 Å². The Morgan fingerprint density at radius 3 is 2.88 bits per heavy atom. The number of nitrogens with one attached hydrogen (secondary N) is 3. The van der Waals surface area contributed by atoms with Crippen LogP contribution in [0.25, 0.3) is 0 Å². The maximum atomic E-state index is 5.72. The van der Waals surface area contributed by atoms with Gasteiger partial charge in [-0.05, 0) is 0 Å². The Balaban J connectivity index is 1.70. The zero-order valence-corrected chi connectivity index (χ0v) is 14.2. The van der Waals surface area contributed by atoms with E-state index in [1.54, 1.807) is 19.5 Å². The van der Waals surface area contributed by atoms with Crippen molar-refractivity contribution in [1.29, 1.82) is 0 Å². The molecule has 0 saturated carbocycles. The number of nitrogens with two attached hydrogens (primary N) is 1. The van der Waals surface area contributed by atoms with Crippen molar-refractivity contribution in [3.05, 3.63) is 30.2 Å². The van der Waals surface area contributed by atoms with Crippen LogP contribution in [0.1, 0.15) is 5.56 Å². The SMILES string of the molecule is COCc1cnc(Nc2cnc(N)cn2)cc1NC[C@@H]1CNCCO1. The van der Waals surface area contributed by atoms with Gasteiger partial charge in [0.25, 0.3) is 0 Å². The van der Waals surface area contributed by atoms with Crippen LogP contribution in [-0.2, 0) is 16.1 Å². The molecule has 134 valence electrons. The molecule has 1 aliphatic rings. The summed E-state index contributed by atoms with van der Waals surface area (Å²) in [7, 11) is 1.66. The van der Waals surface area contributed by atoms with Crippen LogP contribution in [0.2, 0.25) is 0 Å². The summed E-state index contributed by atoms with van der Waals surface area (Å²) in [5.41, 5.74) is 7.46. The molecule has 3 rings (SSSR count). The molecule has 1 fully saturated rings. The molecule has 1 atom stereocenters. The maximum Gasteiger partial charge on any atom is 0.150 e. The van der Waals surface area contributed by atoms with Gasteiger partial charge in [0.05, 0.1) is 31.7 Å². The standard InChI is InChI=1S/C16H23N7O2/c1-24-10-11-5-21-15(23-16-9-20-14(17)8-22-16)4-13(11)19-7-12-6-18-2-3-25-12/h4-5,8-9,12,18H,2-3,6-7,10H2,1H3,(H2,17,20)(H2,19,21,22,23)/t12-/m0/s1. The normalized spacial score (nSPS) is 17.2. The highest BCUT2D eigenvalue weighted by Crippen LogP contribution is 2.21. The molecule has 0 aromatic carbocycles. The third-order valence-electron chi connectivity index (χ3n) is 3.74. The third kappa shape index (κ3) is 4.99. The molecule has 0 radical (unpaired) electrons. The summed E-state index contributed by atoms with van der Waals surface area (Å²) in [5.74, 6) is 1.61. The fourth-order valence-electron chi connectivity index (χ4n) is 2.50. The Morgan fingerprint density at radius 2 is 2.16 bits per heavy atom. The number of hydrogen-bond donors (Lipinski definition) is 4. The van der Waals surface area contributed by atoms with Crippen molar-refractivity contribution >= 4 is 23.1 Å². The first-order valence-electron chi connectivity index (χ1n) is 8.13. The number of nitrogens with zero attached hydrogens (tertiary/aromatic N) is 3. The quantitative estimate of drug-likeness (QED) is 0.576. The molecule has 2 aromatic heterocycles. The zero-order valence-electron chi connectivity index (χ0n) is 14.2. The molecule has 0 spiro atoms. The topological polar surface area (TPSA) is 119 Å². The van der Waals surface area contributed by atoms with Crippen LogP contribution < -0.4 is 21.7 Å². The number of ether oxygens (including phenoxy) is 2. The van der Waals surface area contributed by atoms with Crippen molar-refractivity contribution < 1.29 is 9.47 Å². The van der Waals surface area contributed by atoms with Gasteiger partial charge in [0.15, 0.2) is 0 Å². The van der Waals surface area contributed by atoms with Gasteiger partial charge >= 0.3 is 0 Å². The number of pyridine rings is 1. The summed E-state index contributed by atoms with van der Waals surface area (Å²) in [6.07, 6.45) is 4.97. The second-order valence-electron chi connectivity index (χ2n) is 5.69. The van der Waals surface area contributed by atoms with E-state index < -0.39 is 0 Å². The van der Waals surface area contributed by atoms with E-state index in [4.69, 9.17) is 15.2 Å². The van der Waals surface area contributed by atoms with Gasteiger partial charge in [0.2, 0.25) is 0 Å². The number of hydrogen-bond acceptors (Lipinski definition) is 9. The van der Waals surface area contributed by atoms with Gasteiger partial charge in [-0.2, -0.15) is 0 Å². The van der Waals surface area contributed by atoms with Crippen LogP contribution in [0.5, 0.6) is 0 Å². The average molecular weight is 345 g/mol. The van der Waals surface area contributed by atoms with Crippen LogP contribution in [0, 0.1) is 0 Å². The molecule has 0 aliphatic carbocycles. The second kappa shape index (κ2) is 8.56. The van der Waals surface area contributed by atoms with E-state index in [9.17, 15) is 0 Å². The zero-order chi connectivity index (χ0) is 17.5. The number of nitrogen functional groups attached to an aromatic ring is 1. The summed E-state index contributed by atoms with van der Waals surface area (Å²) in [4.78, 5) is 12.6. The largest absolute Gasteiger partial charge is 0.382 e. The molecular formula is C16H23N7O2. The monoisotopic (exact) mass is 345 g/mol. The molecule has 0 unspecified atom stereocenters. The van der Waals surface area contributed by atoms with E-state index in [2.05, 4.69) is 30.9 Å². The molecular weight excluding hydrogens is 322 g/mol. The van der Waals surface area contributed by atoms with Gasteiger partial charge in [-0.3, -0.25) is 0 Å². The van der Waals surface area contributed by atoms with Crippen molar-refractivity contribution in [1.82, 2.24) is 20.3 Å². The van der Waals surface area contributed by atoms with Gasteiger partial charge in [0, 0.05) is 50.3 Å². The third-order valence-corrected chi connectivity index (χ3v) is 3.74. The molecule has 1 aliphatic heterocycles. The molecule has 0 amide bonds. The summed E-state index contributed by atoms with van der Waals surface area (Å²) in [5, 5.41) is 9.86. The highest BCUT2D eigenvalue weighted by atomic mass is 16.5. The number of anilines is 4. The van der Waals surface area contributed by atoms with Crippen LogP contribution in [0.15, 0.2) is 24.7 Å². The number of aromatic nitrogens is 3. The summed E-state index contributed by atoms with van der Waals surface area (Å²) < 4.78 is 11.0. The fourth-order valence-corrected chi connectivity index (χ4v) is 2.50. The maximum absolute atomic E-state index is 5.72. The summed E-state index contributed by atoms with van der Waals surface area (Å²) in [6.45, 7) is 3.65. The lowest BCUT2D eigenvalue weighted by Crippen LogP contribution is -2.42. The smallest absolute Gasteiger partial charge is 0.150 e. The van der Waals surface area contributed by atoms with Crippen molar-refractivity contribution in [2.75, 3.05) is 49.7 Å². The number of methoxy groups -OCH3 is 1. The number of rotatable bonds is 7. The Morgan fingerprint density at radius 1 is 1.28 bits per heavy atom. The minimum absolute atomic E-state index is 0.136. The van der Waals surface area contributed by atoms with E-state index >= 15 is 0 Å². The molecule has 25 heavy (non-hydrogen) atoms. The predicted octanol–water partition coefficient (Wildman–Crippen LogP) is 0.744. The Kier molecular flexibility index (Phi) is 5.94. The first-order valence-corrected chi connectivity index (χ1v) is 8.13. The van der Waals surface area contributed by atoms with E-state index in [0.717, 1.165) is 30.9 Å². The van der Waals surface area contributed by atoms with Gasteiger partial charge in [-0.15, -0.1) is 0 Å². The fraction of sp³-hybridized carbons (Fsp3) is 0.438. The number of morpholine rings is 1. The Labute approximate surface area is 146 Å². The van der Waals surface area contributed by atoms with Gasteiger partial charge < -0.3 is 31.2 Å². The minimum atomic E-state index is 0.136. The first-order chi connectivity index (χ1) is 12.2.